The highest BCUT2D eigenvalue weighted by Gasteiger charge is 2.37. The summed E-state index contributed by atoms with van der Waals surface area (Å²) in [5.74, 6) is -0.506. The van der Waals surface area contributed by atoms with E-state index in [0.29, 0.717) is 0 Å². The van der Waals surface area contributed by atoms with Crippen LogP contribution in [0.15, 0.2) is 28.0 Å². The third-order valence-corrected chi connectivity index (χ3v) is 5.03. The fourth-order valence-corrected chi connectivity index (χ4v) is 3.47. The van der Waals surface area contributed by atoms with Crippen molar-refractivity contribution in [2.75, 3.05) is 0 Å². The van der Waals surface area contributed by atoms with Crippen molar-refractivity contribution in [3.8, 4) is 0 Å². The van der Waals surface area contributed by atoms with Gasteiger partial charge in [-0.2, -0.15) is 26.3 Å². The molecule has 0 heterocycles. The minimum Gasteiger partial charge on any atom is -0.298 e. The van der Waals surface area contributed by atoms with Crippen LogP contribution in [0, 0.1) is 0 Å². The summed E-state index contributed by atoms with van der Waals surface area (Å²) in [5, 5.41) is 0. The molecule has 1 atom stereocenters. The van der Waals surface area contributed by atoms with Crippen molar-refractivity contribution in [2.45, 2.75) is 32.6 Å². The molecule has 0 aliphatic carbocycles. The lowest BCUT2D eigenvalue weighted by molar-refractivity contribution is -0.116. The maximum atomic E-state index is 12.6. The van der Waals surface area contributed by atoms with E-state index in [0.717, 1.165) is 13.0 Å². The van der Waals surface area contributed by atoms with Gasteiger partial charge in [0.2, 0.25) is 0 Å². The lowest BCUT2D eigenvalue weighted by Gasteiger charge is -2.18. The number of ketones is 1. The molecular weight excluding hydrogens is 406 g/mol. The van der Waals surface area contributed by atoms with Gasteiger partial charge in [0, 0.05) is 9.79 Å². The van der Waals surface area contributed by atoms with Gasteiger partial charge in [0.05, 0.1) is 4.83 Å². The van der Waals surface area contributed by atoms with E-state index >= 15 is 0 Å². The SMILES string of the molecule is CC(=O)C(Br)c1cccc(SC(F)(F)F)c1SC(F)(F)F. The number of carbonyl (C=O) groups is 1. The van der Waals surface area contributed by atoms with Gasteiger partial charge >= 0.3 is 11.0 Å². The third-order valence-electron chi connectivity index (χ3n) is 2.08. The average Bonchev–Trinajstić information content (AvgIpc) is 2.26. The second-order valence-electron chi connectivity index (χ2n) is 3.74. The van der Waals surface area contributed by atoms with Crippen molar-refractivity contribution in [2.24, 2.45) is 0 Å². The molecule has 1 nitrogen and oxygen atoms in total. The lowest BCUT2D eigenvalue weighted by atomic mass is 10.1. The molecule has 0 bridgehead atoms. The lowest BCUT2D eigenvalue weighted by Crippen LogP contribution is -2.08. The summed E-state index contributed by atoms with van der Waals surface area (Å²) in [6.07, 6.45) is 0. The van der Waals surface area contributed by atoms with Crippen LogP contribution in [-0.4, -0.2) is 16.8 Å². The molecule has 0 saturated carbocycles. The average molecular weight is 413 g/mol. The molecule has 1 aromatic carbocycles. The molecule has 0 fully saturated rings. The molecule has 21 heavy (non-hydrogen) atoms. The molecule has 0 radical (unpaired) electrons. The first-order valence-electron chi connectivity index (χ1n) is 5.19. The smallest absolute Gasteiger partial charge is 0.298 e. The Morgan fingerprint density at radius 2 is 1.62 bits per heavy atom. The number of rotatable bonds is 4. The van der Waals surface area contributed by atoms with Gasteiger partial charge < -0.3 is 0 Å². The summed E-state index contributed by atoms with van der Waals surface area (Å²) >= 11 is 1.60. The molecule has 1 rings (SSSR count). The van der Waals surface area contributed by atoms with Crippen LogP contribution in [0.1, 0.15) is 17.3 Å². The summed E-state index contributed by atoms with van der Waals surface area (Å²) in [7, 11) is 0. The first-order valence-corrected chi connectivity index (χ1v) is 7.74. The van der Waals surface area contributed by atoms with Crippen LogP contribution in [0.4, 0.5) is 26.3 Å². The number of alkyl halides is 7. The van der Waals surface area contributed by atoms with E-state index in [2.05, 4.69) is 15.9 Å². The third kappa shape index (κ3) is 6.11. The number of halogens is 7. The fraction of sp³-hybridized carbons (Fsp3) is 0.364. The topological polar surface area (TPSA) is 17.1 Å². The summed E-state index contributed by atoms with van der Waals surface area (Å²) in [6.45, 7) is 1.13. The highest BCUT2D eigenvalue weighted by atomic mass is 79.9. The number of benzene rings is 1. The van der Waals surface area contributed by atoms with Crippen LogP contribution in [0.2, 0.25) is 0 Å². The number of hydrogen-bond acceptors (Lipinski definition) is 3. The highest BCUT2D eigenvalue weighted by molar-refractivity contribution is 9.09. The molecule has 0 aliphatic heterocycles. The molecule has 0 saturated heterocycles. The number of Topliss-reactive ketones (excluding diaryl/α,β-unsaturated/α-hetero) is 1. The monoisotopic (exact) mass is 412 g/mol. The van der Waals surface area contributed by atoms with Crippen molar-refractivity contribution in [3.05, 3.63) is 23.8 Å². The van der Waals surface area contributed by atoms with Gasteiger partial charge in [0.25, 0.3) is 0 Å². The molecule has 0 aliphatic rings. The van der Waals surface area contributed by atoms with Gasteiger partial charge in [0.15, 0.2) is 0 Å². The second kappa shape index (κ2) is 6.82. The Labute approximate surface area is 133 Å². The maximum Gasteiger partial charge on any atom is 0.446 e. The van der Waals surface area contributed by atoms with Crippen LogP contribution in [0.3, 0.4) is 0 Å². The van der Waals surface area contributed by atoms with E-state index in [1.54, 1.807) is 0 Å². The van der Waals surface area contributed by atoms with E-state index in [1.807, 2.05) is 0 Å². The molecule has 0 aromatic heterocycles. The Hall–Kier alpha value is -0.350. The molecule has 10 heteroatoms. The zero-order valence-electron chi connectivity index (χ0n) is 10.2. The Morgan fingerprint density at radius 3 is 2.05 bits per heavy atom. The van der Waals surface area contributed by atoms with Crippen LogP contribution in [0.5, 0.6) is 0 Å². The first kappa shape index (κ1) is 18.7. The normalized spacial score (nSPS) is 14.1. The minimum absolute atomic E-state index is 0.140. The van der Waals surface area contributed by atoms with E-state index in [1.165, 1.54) is 12.1 Å². The van der Waals surface area contributed by atoms with Gasteiger partial charge in [-0.1, -0.05) is 28.1 Å². The number of hydrogen-bond donors (Lipinski definition) is 0. The predicted octanol–water partition coefficient (Wildman–Crippen LogP) is 5.94. The summed E-state index contributed by atoms with van der Waals surface area (Å²) in [6, 6.07) is 3.31. The zero-order valence-corrected chi connectivity index (χ0v) is 13.4. The number of carbonyl (C=O) groups excluding carboxylic acids is 1. The Balaban J connectivity index is 3.37. The van der Waals surface area contributed by atoms with E-state index in [4.69, 9.17) is 0 Å². The second-order valence-corrected chi connectivity index (χ2v) is 6.84. The number of thioether (sulfide) groups is 2. The van der Waals surface area contributed by atoms with Gasteiger partial charge in [-0.05, 0) is 42.1 Å². The largest absolute Gasteiger partial charge is 0.446 e. The van der Waals surface area contributed by atoms with Gasteiger partial charge in [0.1, 0.15) is 5.78 Å². The van der Waals surface area contributed by atoms with E-state index < -0.39 is 54.9 Å². The van der Waals surface area contributed by atoms with Gasteiger partial charge in [-0.15, -0.1) is 0 Å². The maximum absolute atomic E-state index is 12.6. The minimum atomic E-state index is -4.76. The summed E-state index contributed by atoms with van der Waals surface area (Å²) in [4.78, 5) is 8.98. The van der Waals surface area contributed by atoms with E-state index in [9.17, 15) is 31.1 Å². The Kier molecular flexibility index (Phi) is 6.08. The molecule has 0 amide bonds. The summed E-state index contributed by atoms with van der Waals surface area (Å²) in [5.41, 5.74) is -9.63. The molecule has 0 spiro atoms. The standard InChI is InChI=1S/C11H7BrF6OS2/c1-5(19)8(12)6-3-2-4-7(20-10(13,14)15)9(6)21-11(16,17)18/h2-4,8H,1H3. The van der Waals surface area contributed by atoms with Crippen LogP contribution >= 0.6 is 39.5 Å². The van der Waals surface area contributed by atoms with Gasteiger partial charge in [-0.25, -0.2) is 0 Å². The zero-order chi connectivity index (χ0) is 16.4. The van der Waals surface area contributed by atoms with Crippen LogP contribution in [-0.2, 0) is 4.79 Å². The van der Waals surface area contributed by atoms with Crippen molar-refractivity contribution in [1.29, 1.82) is 0 Å². The van der Waals surface area contributed by atoms with Crippen molar-refractivity contribution in [1.82, 2.24) is 0 Å². The van der Waals surface area contributed by atoms with Crippen molar-refractivity contribution in [3.63, 3.8) is 0 Å². The molecule has 118 valence electrons. The fourth-order valence-electron chi connectivity index (χ4n) is 1.38. The Morgan fingerprint density at radius 1 is 1.10 bits per heavy atom. The Bertz CT molecular complexity index is 528. The highest BCUT2D eigenvalue weighted by Crippen LogP contribution is 2.49. The van der Waals surface area contributed by atoms with Crippen LogP contribution in [0.25, 0.3) is 0 Å². The molecular formula is C11H7BrF6OS2. The van der Waals surface area contributed by atoms with E-state index in [-0.39, 0.29) is 5.56 Å². The van der Waals surface area contributed by atoms with Gasteiger partial charge in [-0.3, -0.25) is 4.79 Å². The summed E-state index contributed by atoms with van der Waals surface area (Å²) < 4.78 is 75.0. The molecule has 1 aromatic rings. The van der Waals surface area contributed by atoms with Crippen molar-refractivity contribution >= 4 is 45.2 Å². The molecule has 0 N–H and O–H groups in total. The van der Waals surface area contributed by atoms with Crippen molar-refractivity contribution < 1.29 is 31.1 Å². The molecule has 1 unspecified atom stereocenters. The predicted molar refractivity (Wildman–Crippen MR) is 72.6 cm³/mol. The van der Waals surface area contributed by atoms with Crippen LogP contribution < -0.4 is 0 Å². The first-order chi connectivity index (χ1) is 9.41. The quantitative estimate of drug-likeness (QED) is 0.346.